The Labute approximate surface area is 97.8 Å². The topological polar surface area (TPSA) is 35.5 Å². The first-order valence-corrected chi connectivity index (χ1v) is 5.88. The number of carbonyl (C=O) groups is 1. The normalized spacial score (nSPS) is 26.2. The smallest absolute Gasteiger partial charge is 0.336 e. The van der Waals surface area contributed by atoms with Crippen LogP contribution in [-0.2, 0) is 14.3 Å². The second-order valence-corrected chi connectivity index (χ2v) is 5.24. The zero-order valence-electron chi connectivity index (χ0n) is 10.9. The molecule has 0 bridgehead atoms. The lowest BCUT2D eigenvalue weighted by atomic mass is 10.0. The van der Waals surface area contributed by atoms with E-state index in [-0.39, 0.29) is 12.1 Å². The summed E-state index contributed by atoms with van der Waals surface area (Å²) >= 11 is 0. The van der Waals surface area contributed by atoms with Crippen LogP contribution in [-0.4, -0.2) is 23.8 Å². The van der Waals surface area contributed by atoms with E-state index in [0.29, 0.717) is 6.42 Å². The van der Waals surface area contributed by atoms with Crippen molar-refractivity contribution in [3.05, 3.63) is 11.6 Å². The molecule has 0 spiro atoms. The molecule has 0 aromatic carbocycles. The fourth-order valence-corrected chi connectivity index (χ4v) is 1.72. The lowest BCUT2D eigenvalue weighted by molar-refractivity contribution is -0.171. The molecule has 1 rings (SSSR count). The highest BCUT2D eigenvalue weighted by Gasteiger charge is 2.30. The molecule has 0 fully saturated rings. The van der Waals surface area contributed by atoms with Crippen molar-refractivity contribution in [3.8, 4) is 0 Å². The molecule has 0 saturated heterocycles. The SMILES string of the molecule is CC[C@H]1OC(C(=O)OC(C)(C)C)CC=C1C. The molecule has 0 aliphatic carbocycles. The number of ether oxygens (including phenoxy) is 2. The third-order valence-electron chi connectivity index (χ3n) is 2.53. The monoisotopic (exact) mass is 226 g/mol. The molecule has 0 aromatic rings. The highest BCUT2D eigenvalue weighted by molar-refractivity contribution is 5.75. The molecule has 3 heteroatoms. The maximum absolute atomic E-state index is 11.8. The Kier molecular flexibility index (Phi) is 4.14. The Morgan fingerprint density at radius 3 is 2.69 bits per heavy atom. The molecule has 0 aromatic heterocycles. The van der Waals surface area contributed by atoms with Crippen molar-refractivity contribution in [1.29, 1.82) is 0 Å². The van der Waals surface area contributed by atoms with Crippen LogP contribution in [0.15, 0.2) is 11.6 Å². The molecule has 92 valence electrons. The number of esters is 1. The van der Waals surface area contributed by atoms with Gasteiger partial charge in [-0.15, -0.1) is 0 Å². The number of rotatable bonds is 2. The third-order valence-corrected chi connectivity index (χ3v) is 2.53. The molecule has 1 aliphatic heterocycles. The Morgan fingerprint density at radius 1 is 1.56 bits per heavy atom. The van der Waals surface area contributed by atoms with Gasteiger partial charge < -0.3 is 9.47 Å². The first-order chi connectivity index (χ1) is 7.33. The van der Waals surface area contributed by atoms with Crippen molar-refractivity contribution in [3.63, 3.8) is 0 Å². The van der Waals surface area contributed by atoms with Gasteiger partial charge in [-0.3, -0.25) is 0 Å². The van der Waals surface area contributed by atoms with Gasteiger partial charge in [0.05, 0.1) is 6.10 Å². The summed E-state index contributed by atoms with van der Waals surface area (Å²) in [6.07, 6.45) is 3.21. The molecule has 16 heavy (non-hydrogen) atoms. The quantitative estimate of drug-likeness (QED) is 0.536. The maximum atomic E-state index is 11.8. The first-order valence-electron chi connectivity index (χ1n) is 5.88. The van der Waals surface area contributed by atoms with Crippen LogP contribution in [0.3, 0.4) is 0 Å². The molecule has 0 saturated carbocycles. The Bertz CT molecular complexity index is 286. The van der Waals surface area contributed by atoms with Crippen LogP contribution in [0.4, 0.5) is 0 Å². The van der Waals surface area contributed by atoms with Gasteiger partial charge in [0.25, 0.3) is 0 Å². The summed E-state index contributed by atoms with van der Waals surface area (Å²) in [6.45, 7) is 9.70. The summed E-state index contributed by atoms with van der Waals surface area (Å²) in [5, 5.41) is 0. The van der Waals surface area contributed by atoms with Crippen LogP contribution in [0.2, 0.25) is 0 Å². The highest BCUT2D eigenvalue weighted by atomic mass is 16.6. The molecular formula is C13H22O3. The van der Waals surface area contributed by atoms with Gasteiger partial charge in [-0.2, -0.15) is 0 Å². The van der Waals surface area contributed by atoms with Crippen LogP contribution in [0.25, 0.3) is 0 Å². The summed E-state index contributed by atoms with van der Waals surface area (Å²) in [4.78, 5) is 11.8. The van der Waals surface area contributed by atoms with Gasteiger partial charge >= 0.3 is 5.97 Å². The van der Waals surface area contributed by atoms with Crippen LogP contribution in [0.5, 0.6) is 0 Å². The Balaban J connectivity index is 2.60. The summed E-state index contributed by atoms with van der Waals surface area (Å²) in [6, 6.07) is 0. The van der Waals surface area contributed by atoms with E-state index in [1.807, 2.05) is 27.7 Å². The van der Waals surface area contributed by atoms with Crippen LogP contribution >= 0.6 is 0 Å². The average molecular weight is 226 g/mol. The molecule has 2 atom stereocenters. The van der Waals surface area contributed by atoms with E-state index in [1.54, 1.807) is 0 Å². The van der Waals surface area contributed by atoms with E-state index in [9.17, 15) is 4.79 Å². The van der Waals surface area contributed by atoms with E-state index < -0.39 is 11.7 Å². The van der Waals surface area contributed by atoms with Crippen molar-refractivity contribution < 1.29 is 14.3 Å². The molecule has 1 unspecified atom stereocenters. The van der Waals surface area contributed by atoms with Gasteiger partial charge in [0.15, 0.2) is 6.10 Å². The molecule has 0 amide bonds. The molecule has 1 heterocycles. The fourth-order valence-electron chi connectivity index (χ4n) is 1.72. The standard InChI is InChI=1S/C13H22O3/c1-6-10-9(2)7-8-11(15-10)12(14)16-13(3,4)5/h7,10-11H,6,8H2,1-5H3/t10-,11?/m1/s1. The van der Waals surface area contributed by atoms with E-state index in [0.717, 1.165) is 6.42 Å². The van der Waals surface area contributed by atoms with Gasteiger partial charge in [0, 0.05) is 6.42 Å². The van der Waals surface area contributed by atoms with E-state index in [1.165, 1.54) is 5.57 Å². The van der Waals surface area contributed by atoms with E-state index in [2.05, 4.69) is 13.0 Å². The largest absolute Gasteiger partial charge is 0.458 e. The predicted molar refractivity (Wildman–Crippen MR) is 63.2 cm³/mol. The first kappa shape index (κ1) is 13.2. The van der Waals surface area contributed by atoms with E-state index >= 15 is 0 Å². The minimum absolute atomic E-state index is 0.0614. The van der Waals surface area contributed by atoms with Gasteiger partial charge in [-0.1, -0.05) is 13.0 Å². The van der Waals surface area contributed by atoms with Crippen molar-refractivity contribution in [1.82, 2.24) is 0 Å². The second-order valence-electron chi connectivity index (χ2n) is 5.24. The van der Waals surface area contributed by atoms with Gasteiger partial charge in [-0.25, -0.2) is 4.79 Å². The number of hydrogen-bond donors (Lipinski definition) is 0. The van der Waals surface area contributed by atoms with Crippen LogP contribution in [0, 0.1) is 0 Å². The summed E-state index contributed by atoms with van der Waals surface area (Å²) in [7, 11) is 0. The third kappa shape index (κ3) is 3.63. The molecule has 1 aliphatic rings. The predicted octanol–water partition coefficient (Wildman–Crippen LogP) is 2.84. The van der Waals surface area contributed by atoms with Crippen molar-refractivity contribution in [2.45, 2.75) is 65.3 Å². The Hall–Kier alpha value is -0.830. The fraction of sp³-hybridized carbons (Fsp3) is 0.769. The number of hydrogen-bond acceptors (Lipinski definition) is 3. The average Bonchev–Trinajstić information content (AvgIpc) is 2.15. The summed E-state index contributed by atoms with van der Waals surface area (Å²) in [5.74, 6) is -0.255. The highest BCUT2D eigenvalue weighted by Crippen LogP contribution is 2.23. The maximum Gasteiger partial charge on any atom is 0.336 e. The molecule has 3 nitrogen and oxygen atoms in total. The van der Waals surface area contributed by atoms with Crippen LogP contribution in [0.1, 0.15) is 47.5 Å². The lowest BCUT2D eigenvalue weighted by Gasteiger charge is -2.30. The van der Waals surface area contributed by atoms with Gasteiger partial charge in [0.1, 0.15) is 5.60 Å². The minimum Gasteiger partial charge on any atom is -0.458 e. The molecule has 0 N–H and O–H groups in total. The van der Waals surface area contributed by atoms with E-state index in [4.69, 9.17) is 9.47 Å². The van der Waals surface area contributed by atoms with Crippen molar-refractivity contribution in [2.24, 2.45) is 0 Å². The molecule has 0 radical (unpaired) electrons. The van der Waals surface area contributed by atoms with Crippen molar-refractivity contribution >= 4 is 5.97 Å². The lowest BCUT2D eigenvalue weighted by Crippen LogP contribution is -2.37. The van der Waals surface area contributed by atoms with Crippen molar-refractivity contribution in [2.75, 3.05) is 0 Å². The van der Waals surface area contributed by atoms with Gasteiger partial charge in [-0.05, 0) is 39.7 Å². The zero-order valence-corrected chi connectivity index (χ0v) is 10.9. The zero-order chi connectivity index (χ0) is 12.3. The summed E-state index contributed by atoms with van der Waals surface area (Å²) in [5.41, 5.74) is 0.764. The number of carbonyl (C=O) groups excluding carboxylic acids is 1. The van der Waals surface area contributed by atoms with Crippen LogP contribution < -0.4 is 0 Å². The Morgan fingerprint density at radius 2 is 2.19 bits per heavy atom. The summed E-state index contributed by atoms with van der Waals surface area (Å²) < 4.78 is 11.0. The molecular weight excluding hydrogens is 204 g/mol. The minimum atomic E-state index is -0.446. The van der Waals surface area contributed by atoms with Gasteiger partial charge in [0.2, 0.25) is 0 Å². The second kappa shape index (κ2) is 5.00.